The Morgan fingerprint density at radius 1 is 0.472 bits per heavy atom. The monoisotopic (exact) mass is 772 g/mol. The molecule has 0 aromatic heterocycles. The van der Waals surface area contributed by atoms with Crippen molar-refractivity contribution in [2.24, 2.45) is 0 Å². The normalized spacial score (nSPS) is 12.4. The fraction of sp³-hybridized carbons (Fsp3) is 0.182. The Labute approximate surface area is 315 Å². The topological polar surface area (TPSA) is 89.5 Å². The molecule has 8 nitrogen and oxygen atoms in total. The molecule has 0 aliphatic rings. The number of esters is 2. The minimum Gasteiger partial charge on any atom is -0.489 e. The molecule has 0 N–H and O–H groups in total. The Balaban J connectivity index is 1.15. The molecule has 0 radical (unpaired) electrons. The van der Waals surface area contributed by atoms with E-state index in [0.29, 0.717) is 23.0 Å². The van der Waals surface area contributed by atoms with Crippen molar-refractivity contribution in [3.05, 3.63) is 132 Å². The van der Waals surface area contributed by atoms with Crippen molar-refractivity contribution < 1.29 is 38.0 Å². The second-order valence-corrected chi connectivity index (χ2v) is 13.5. The summed E-state index contributed by atoms with van der Waals surface area (Å²) < 4.78 is 37.7. The number of carbonyl (C=O) groups excluding carboxylic acids is 2. The third-order valence-electron chi connectivity index (χ3n) is 8.73. The Bertz CT molecular complexity index is 2420. The molecule has 0 spiro atoms. The van der Waals surface area contributed by atoms with Crippen LogP contribution in [0.3, 0.4) is 0 Å². The van der Waals surface area contributed by atoms with Crippen LogP contribution in [0.2, 0.25) is 0 Å². The molecule has 0 fully saturated rings. The first-order valence-electron chi connectivity index (χ1n) is 17.3. The molecule has 0 aliphatic heterocycles. The van der Waals surface area contributed by atoms with Crippen LogP contribution < -0.4 is 18.9 Å². The van der Waals surface area contributed by atoms with Gasteiger partial charge in [0.05, 0.1) is 0 Å². The van der Waals surface area contributed by atoms with E-state index in [-0.39, 0.29) is 26.4 Å². The van der Waals surface area contributed by atoms with Crippen LogP contribution in [-0.4, -0.2) is 50.6 Å². The van der Waals surface area contributed by atoms with Crippen LogP contribution in [0, 0.1) is 0 Å². The maximum atomic E-state index is 12.2. The summed E-state index contributed by atoms with van der Waals surface area (Å²) in [5.74, 6) is 1.71. The molecule has 2 unspecified atom stereocenters. The van der Waals surface area contributed by atoms with Gasteiger partial charge in [0.25, 0.3) is 0 Å². The lowest BCUT2D eigenvalue weighted by Crippen LogP contribution is -2.30. The third kappa shape index (κ3) is 8.31. The summed E-state index contributed by atoms with van der Waals surface area (Å²) in [7, 11) is 0. The number of benzene rings is 7. The summed E-state index contributed by atoms with van der Waals surface area (Å²) >= 11 is 3.63. The molecule has 0 heterocycles. The van der Waals surface area contributed by atoms with Gasteiger partial charge in [0.2, 0.25) is 0 Å². The number of rotatable bonds is 14. The van der Waals surface area contributed by atoms with E-state index in [0.717, 1.165) is 47.6 Å². The summed E-state index contributed by atoms with van der Waals surface area (Å²) in [5, 5.41) is 7.18. The zero-order valence-corrected chi connectivity index (χ0v) is 30.8. The SMILES string of the molecule is CC(=O)OC(COc1cccc2ccccc12)COc1c2ccccc2c(OCC(COc2cccc3ccccc23)OC(C)=O)c2cc(Br)ccc12. The standard InChI is InChI=1S/C44H37BrO8/c1-28(46)52-33(24-48-41-19-9-13-30-11-3-5-15-35(30)41)26-50-43-37-17-7-8-18-38(37)44(40-23-32(45)21-22-39(40)43)51-27-34(53-29(2)47)25-49-42-20-10-14-31-12-4-6-16-36(31)42/h3-23,33-34H,24-27H2,1-2H3. The largest absolute Gasteiger partial charge is 0.489 e. The Morgan fingerprint density at radius 3 is 1.36 bits per heavy atom. The van der Waals surface area contributed by atoms with Gasteiger partial charge in [-0.2, -0.15) is 0 Å². The second kappa shape index (κ2) is 16.3. The molecule has 0 amide bonds. The molecule has 268 valence electrons. The first-order chi connectivity index (χ1) is 25.8. The first-order valence-corrected chi connectivity index (χ1v) is 18.1. The molecule has 0 bridgehead atoms. The van der Waals surface area contributed by atoms with Crippen molar-refractivity contribution in [2.45, 2.75) is 26.1 Å². The molecule has 7 aromatic carbocycles. The highest BCUT2D eigenvalue weighted by Crippen LogP contribution is 2.44. The maximum Gasteiger partial charge on any atom is 0.303 e. The van der Waals surface area contributed by atoms with Gasteiger partial charge in [-0.05, 0) is 41.1 Å². The number of hydrogen-bond acceptors (Lipinski definition) is 8. The molecule has 7 aromatic rings. The van der Waals surface area contributed by atoms with Gasteiger partial charge in [-0.3, -0.25) is 9.59 Å². The zero-order chi connectivity index (χ0) is 36.7. The van der Waals surface area contributed by atoms with Crippen LogP contribution in [0.4, 0.5) is 0 Å². The van der Waals surface area contributed by atoms with Gasteiger partial charge < -0.3 is 28.4 Å². The van der Waals surface area contributed by atoms with Crippen LogP contribution in [0.25, 0.3) is 43.1 Å². The van der Waals surface area contributed by atoms with Crippen LogP contribution in [0.5, 0.6) is 23.0 Å². The van der Waals surface area contributed by atoms with Gasteiger partial charge in [0.1, 0.15) is 49.4 Å². The summed E-state index contributed by atoms with van der Waals surface area (Å²) in [6.45, 7) is 3.00. The fourth-order valence-electron chi connectivity index (χ4n) is 6.45. The fourth-order valence-corrected chi connectivity index (χ4v) is 6.81. The highest BCUT2D eigenvalue weighted by atomic mass is 79.9. The van der Waals surface area contributed by atoms with Crippen LogP contribution in [-0.2, 0) is 19.1 Å². The first kappa shape index (κ1) is 35.6. The Hall–Kier alpha value is -5.80. The number of fused-ring (bicyclic) bond motifs is 4. The third-order valence-corrected chi connectivity index (χ3v) is 9.22. The van der Waals surface area contributed by atoms with E-state index in [9.17, 15) is 9.59 Å². The quantitative estimate of drug-likeness (QED) is 0.0798. The molecule has 7 rings (SSSR count). The van der Waals surface area contributed by atoms with Crippen molar-refractivity contribution in [1.29, 1.82) is 0 Å². The molecule has 0 aliphatic carbocycles. The lowest BCUT2D eigenvalue weighted by molar-refractivity contribution is -0.150. The van der Waals surface area contributed by atoms with Gasteiger partial charge in [-0.15, -0.1) is 0 Å². The number of halogens is 1. The van der Waals surface area contributed by atoms with Gasteiger partial charge in [0, 0.05) is 50.6 Å². The molecular weight excluding hydrogens is 736 g/mol. The predicted octanol–water partition coefficient (Wildman–Crippen LogP) is 9.84. The average molecular weight is 774 g/mol. The lowest BCUT2D eigenvalue weighted by Gasteiger charge is -2.23. The molecule has 9 heteroatoms. The van der Waals surface area contributed by atoms with Gasteiger partial charge in [-0.25, -0.2) is 0 Å². The van der Waals surface area contributed by atoms with Crippen molar-refractivity contribution in [1.82, 2.24) is 0 Å². The van der Waals surface area contributed by atoms with Crippen LogP contribution in [0.1, 0.15) is 13.8 Å². The number of ether oxygens (including phenoxy) is 6. The van der Waals surface area contributed by atoms with E-state index in [1.807, 2.05) is 127 Å². The van der Waals surface area contributed by atoms with Gasteiger partial charge in [-0.1, -0.05) is 113 Å². The summed E-state index contributed by atoms with van der Waals surface area (Å²) in [5.41, 5.74) is 0. The Kier molecular flexibility index (Phi) is 10.9. The summed E-state index contributed by atoms with van der Waals surface area (Å²) in [6.07, 6.45) is -1.40. The van der Waals surface area contributed by atoms with Crippen molar-refractivity contribution >= 4 is 71.0 Å². The summed E-state index contributed by atoms with van der Waals surface area (Å²) in [6, 6.07) is 41.2. The lowest BCUT2D eigenvalue weighted by atomic mass is 10.0. The van der Waals surface area contributed by atoms with E-state index >= 15 is 0 Å². The van der Waals surface area contributed by atoms with Crippen molar-refractivity contribution in [3.63, 3.8) is 0 Å². The molecular formula is C44H37BrO8. The van der Waals surface area contributed by atoms with E-state index in [1.165, 1.54) is 13.8 Å². The maximum absolute atomic E-state index is 12.2. The molecule has 0 saturated heterocycles. The highest BCUT2D eigenvalue weighted by molar-refractivity contribution is 9.10. The smallest absolute Gasteiger partial charge is 0.303 e. The van der Waals surface area contributed by atoms with E-state index in [1.54, 1.807) is 0 Å². The molecule has 53 heavy (non-hydrogen) atoms. The average Bonchev–Trinajstić information content (AvgIpc) is 3.16. The number of hydrogen-bond donors (Lipinski definition) is 0. The van der Waals surface area contributed by atoms with E-state index in [2.05, 4.69) is 15.9 Å². The number of carbonyl (C=O) groups is 2. The molecule has 2 atom stereocenters. The summed E-state index contributed by atoms with van der Waals surface area (Å²) in [4.78, 5) is 24.4. The van der Waals surface area contributed by atoms with Gasteiger partial charge >= 0.3 is 11.9 Å². The van der Waals surface area contributed by atoms with Crippen LogP contribution in [0.15, 0.2) is 132 Å². The van der Waals surface area contributed by atoms with Gasteiger partial charge in [0.15, 0.2) is 12.2 Å². The predicted molar refractivity (Wildman–Crippen MR) is 210 cm³/mol. The van der Waals surface area contributed by atoms with Crippen molar-refractivity contribution in [2.75, 3.05) is 26.4 Å². The molecule has 0 saturated carbocycles. The van der Waals surface area contributed by atoms with E-state index in [4.69, 9.17) is 28.4 Å². The second-order valence-electron chi connectivity index (χ2n) is 12.6. The minimum absolute atomic E-state index is 0.0379. The highest BCUT2D eigenvalue weighted by Gasteiger charge is 2.22. The van der Waals surface area contributed by atoms with Crippen LogP contribution >= 0.6 is 15.9 Å². The van der Waals surface area contributed by atoms with Crippen molar-refractivity contribution in [3.8, 4) is 23.0 Å². The zero-order valence-electron chi connectivity index (χ0n) is 29.3. The minimum atomic E-state index is -0.699. The Morgan fingerprint density at radius 2 is 0.868 bits per heavy atom. The van der Waals surface area contributed by atoms with E-state index < -0.39 is 24.1 Å².